The maximum atomic E-state index is 11.9. The van der Waals surface area contributed by atoms with Crippen molar-refractivity contribution in [2.75, 3.05) is 20.2 Å². The minimum Gasteiger partial charge on any atom is -0.484 e. The molecule has 2 rings (SSSR count). The van der Waals surface area contributed by atoms with Crippen molar-refractivity contribution >= 4 is 5.91 Å². The molecule has 0 spiro atoms. The maximum Gasteiger partial charge on any atom is 0.260 e. The molecule has 1 amide bonds. The molecule has 19 heavy (non-hydrogen) atoms. The van der Waals surface area contributed by atoms with Gasteiger partial charge in [0.2, 0.25) is 0 Å². The van der Waals surface area contributed by atoms with Crippen molar-refractivity contribution in [1.29, 1.82) is 0 Å². The highest BCUT2D eigenvalue weighted by molar-refractivity contribution is 5.77. The number of benzene rings is 1. The second-order valence-corrected chi connectivity index (χ2v) is 5.37. The highest BCUT2D eigenvalue weighted by Gasteiger charge is 2.29. The standard InChI is InChI=1S/C15H21NO3/c1-11-4-3-5-14(6-11)19-10-15(18)16(2)9-12-7-13(17)8-12/h3-6,12-13,17H,7-10H2,1-2H3. The van der Waals surface area contributed by atoms with Gasteiger partial charge in [0.25, 0.3) is 5.91 Å². The van der Waals surface area contributed by atoms with E-state index >= 15 is 0 Å². The van der Waals surface area contributed by atoms with Gasteiger partial charge in [0.05, 0.1) is 6.10 Å². The van der Waals surface area contributed by atoms with Crippen LogP contribution in [0.4, 0.5) is 0 Å². The largest absolute Gasteiger partial charge is 0.484 e. The molecule has 1 aromatic carbocycles. The number of likely N-dealkylation sites (N-methyl/N-ethyl adjacent to an activating group) is 1. The van der Waals surface area contributed by atoms with Crippen LogP contribution in [0.15, 0.2) is 24.3 Å². The Hall–Kier alpha value is -1.55. The van der Waals surface area contributed by atoms with Gasteiger partial charge < -0.3 is 14.7 Å². The number of amides is 1. The number of carbonyl (C=O) groups excluding carboxylic acids is 1. The molecule has 0 saturated heterocycles. The smallest absolute Gasteiger partial charge is 0.260 e. The van der Waals surface area contributed by atoms with Crippen LogP contribution in [0.1, 0.15) is 18.4 Å². The van der Waals surface area contributed by atoms with Gasteiger partial charge in [0.1, 0.15) is 5.75 Å². The first-order valence-electron chi connectivity index (χ1n) is 6.66. The maximum absolute atomic E-state index is 11.9. The van der Waals surface area contributed by atoms with Gasteiger partial charge in [-0.25, -0.2) is 0 Å². The Balaban J connectivity index is 1.74. The normalized spacial score (nSPS) is 21.6. The van der Waals surface area contributed by atoms with Crippen molar-refractivity contribution < 1.29 is 14.6 Å². The zero-order valence-electron chi connectivity index (χ0n) is 11.5. The zero-order valence-corrected chi connectivity index (χ0v) is 11.5. The molecule has 1 aliphatic carbocycles. The summed E-state index contributed by atoms with van der Waals surface area (Å²) in [5.41, 5.74) is 1.11. The molecule has 1 fully saturated rings. The molecule has 104 valence electrons. The lowest BCUT2D eigenvalue weighted by molar-refractivity contribution is -0.133. The van der Waals surface area contributed by atoms with Crippen LogP contribution < -0.4 is 4.74 Å². The number of rotatable bonds is 5. The molecule has 0 radical (unpaired) electrons. The second kappa shape index (κ2) is 6.06. The lowest BCUT2D eigenvalue weighted by atomic mass is 9.82. The number of ether oxygens (including phenoxy) is 1. The first-order chi connectivity index (χ1) is 9.04. The van der Waals surface area contributed by atoms with Gasteiger partial charge >= 0.3 is 0 Å². The highest BCUT2D eigenvalue weighted by atomic mass is 16.5. The van der Waals surface area contributed by atoms with Gasteiger partial charge in [-0.1, -0.05) is 12.1 Å². The average molecular weight is 263 g/mol. The van der Waals surface area contributed by atoms with Crippen molar-refractivity contribution in [3.63, 3.8) is 0 Å². The number of carbonyl (C=O) groups is 1. The van der Waals surface area contributed by atoms with Crippen LogP contribution in [0, 0.1) is 12.8 Å². The Morgan fingerprint density at radius 1 is 1.47 bits per heavy atom. The van der Waals surface area contributed by atoms with Crippen LogP contribution in [0.2, 0.25) is 0 Å². The van der Waals surface area contributed by atoms with Crippen LogP contribution in [0.25, 0.3) is 0 Å². The Labute approximate surface area is 114 Å². The summed E-state index contributed by atoms with van der Waals surface area (Å²) in [6, 6.07) is 7.66. The Bertz CT molecular complexity index is 441. The van der Waals surface area contributed by atoms with E-state index in [9.17, 15) is 9.90 Å². The number of hydrogen-bond donors (Lipinski definition) is 1. The van der Waals surface area contributed by atoms with Crippen molar-refractivity contribution in [2.24, 2.45) is 5.92 Å². The molecule has 0 unspecified atom stereocenters. The van der Waals surface area contributed by atoms with E-state index in [1.54, 1.807) is 11.9 Å². The third-order valence-electron chi connectivity index (χ3n) is 3.52. The average Bonchev–Trinajstić information content (AvgIpc) is 2.34. The fourth-order valence-electron chi connectivity index (χ4n) is 2.30. The van der Waals surface area contributed by atoms with Crippen LogP contribution in [-0.4, -0.2) is 42.2 Å². The summed E-state index contributed by atoms with van der Waals surface area (Å²) in [6.45, 7) is 2.75. The molecule has 0 atom stereocenters. The minimum absolute atomic E-state index is 0.0251. The number of hydrogen-bond acceptors (Lipinski definition) is 3. The summed E-state index contributed by atoms with van der Waals surface area (Å²) in [6.07, 6.45) is 1.43. The molecule has 0 aliphatic heterocycles. The molecule has 1 aliphatic rings. The lowest BCUT2D eigenvalue weighted by Crippen LogP contribution is -2.41. The van der Waals surface area contributed by atoms with E-state index in [0.29, 0.717) is 12.5 Å². The molecular formula is C15H21NO3. The summed E-state index contributed by atoms with van der Waals surface area (Å²) in [5, 5.41) is 9.22. The van der Waals surface area contributed by atoms with E-state index in [4.69, 9.17) is 4.74 Å². The SMILES string of the molecule is Cc1cccc(OCC(=O)N(C)CC2CC(O)C2)c1. The summed E-state index contributed by atoms with van der Waals surface area (Å²) >= 11 is 0. The minimum atomic E-state index is -0.169. The predicted molar refractivity (Wildman–Crippen MR) is 73.0 cm³/mol. The molecule has 1 saturated carbocycles. The van der Waals surface area contributed by atoms with E-state index in [-0.39, 0.29) is 18.6 Å². The Kier molecular flexibility index (Phi) is 4.43. The van der Waals surface area contributed by atoms with Crippen LogP contribution in [0.3, 0.4) is 0 Å². The van der Waals surface area contributed by atoms with Crippen molar-refractivity contribution in [1.82, 2.24) is 4.90 Å². The molecule has 0 bridgehead atoms. The molecular weight excluding hydrogens is 242 g/mol. The van der Waals surface area contributed by atoms with Gasteiger partial charge in [-0.15, -0.1) is 0 Å². The third-order valence-corrected chi connectivity index (χ3v) is 3.52. The summed E-state index contributed by atoms with van der Waals surface area (Å²) in [7, 11) is 1.78. The van der Waals surface area contributed by atoms with Gasteiger partial charge in [-0.2, -0.15) is 0 Å². The van der Waals surface area contributed by atoms with E-state index in [0.717, 1.165) is 24.2 Å². The number of nitrogens with zero attached hydrogens (tertiary/aromatic N) is 1. The summed E-state index contributed by atoms with van der Waals surface area (Å²) < 4.78 is 5.48. The monoisotopic (exact) mass is 263 g/mol. The topological polar surface area (TPSA) is 49.8 Å². The molecule has 4 heteroatoms. The number of aryl methyl sites for hydroxylation is 1. The molecule has 0 heterocycles. The van der Waals surface area contributed by atoms with E-state index in [1.165, 1.54) is 0 Å². The Morgan fingerprint density at radius 2 is 2.21 bits per heavy atom. The van der Waals surface area contributed by atoms with Crippen LogP contribution in [-0.2, 0) is 4.79 Å². The quantitative estimate of drug-likeness (QED) is 0.878. The molecule has 0 aromatic heterocycles. The summed E-state index contributed by atoms with van der Waals surface area (Å²) in [4.78, 5) is 13.6. The molecule has 1 aromatic rings. The number of aliphatic hydroxyl groups is 1. The van der Waals surface area contributed by atoms with Crippen molar-refractivity contribution in [3.05, 3.63) is 29.8 Å². The van der Waals surface area contributed by atoms with E-state index in [1.807, 2.05) is 31.2 Å². The summed E-state index contributed by atoms with van der Waals surface area (Å²) in [5.74, 6) is 1.13. The first kappa shape index (κ1) is 13.9. The van der Waals surface area contributed by atoms with Crippen molar-refractivity contribution in [3.8, 4) is 5.75 Å². The van der Waals surface area contributed by atoms with Gasteiger partial charge in [0, 0.05) is 13.6 Å². The predicted octanol–water partition coefficient (Wildman–Crippen LogP) is 1.60. The lowest BCUT2D eigenvalue weighted by Gasteiger charge is -2.34. The zero-order chi connectivity index (χ0) is 13.8. The van der Waals surface area contributed by atoms with Crippen LogP contribution >= 0.6 is 0 Å². The van der Waals surface area contributed by atoms with Gasteiger partial charge in [0.15, 0.2) is 6.61 Å². The highest BCUT2D eigenvalue weighted by Crippen LogP contribution is 2.27. The van der Waals surface area contributed by atoms with Crippen LogP contribution in [0.5, 0.6) is 5.75 Å². The van der Waals surface area contributed by atoms with Gasteiger partial charge in [-0.3, -0.25) is 4.79 Å². The molecule has 1 N–H and O–H groups in total. The van der Waals surface area contributed by atoms with Gasteiger partial charge in [-0.05, 0) is 43.4 Å². The second-order valence-electron chi connectivity index (χ2n) is 5.37. The van der Waals surface area contributed by atoms with Crippen molar-refractivity contribution in [2.45, 2.75) is 25.9 Å². The fourth-order valence-corrected chi connectivity index (χ4v) is 2.30. The fraction of sp³-hybridized carbons (Fsp3) is 0.533. The Morgan fingerprint density at radius 3 is 2.84 bits per heavy atom. The van der Waals surface area contributed by atoms with E-state index < -0.39 is 0 Å². The molecule has 4 nitrogen and oxygen atoms in total. The first-order valence-corrected chi connectivity index (χ1v) is 6.66. The third kappa shape index (κ3) is 3.96. The van der Waals surface area contributed by atoms with E-state index in [2.05, 4.69) is 0 Å². The number of aliphatic hydroxyl groups excluding tert-OH is 1.